The number of rotatable bonds is 0. The van der Waals surface area contributed by atoms with E-state index in [1.807, 2.05) is 6.07 Å². The Morgan fingerprint density at radius 2 is 2.15 bits per heavy atom. The van der Waals surface area contributed by atoms with Gasteiger partial charge in [0.15, 0.2) is 5.13 Å². The summed E-state index contributed by atoms with van der Waals surface area (Å²) in [5.41, 5.74) is 0.480. The summed E-state index contributed by atoms with van der Waals surface area (Å²) in [6.45, 7) is 0. The smallest absolute Gasteiger partial charge is 0.177 e. The van der Waals surface area contributed by atoms with E-state index in [4.69, 9.17) is 5.26 Å². The van der Waals surface area contributed by atoms with Crippen LogP contribution in [0.4, 0.5) is 4.39 Å². The SMILES string of the molecule is N#Cc1cc2cc(F)sc2cc1S. The van der Waals surface area contributed by atoms with E-state index in [1.165, 1.54) is 6.07 Å². The quantitative estimate of drug-likeness (QED) is 0.662. The number of hydrogen-bond acceptors (Lipinski definition) is 3. The maximum absolute atomic E-state index is 12.8. The number of thiol groups is 1. The van der Waals surface area contributed by atoms with E-state index in [2.05, 4.69) is 12.6 Å². The van der Waals surface area contributed by atoms with Crippen LogP contribution in [0.2, 0.25) is 0 Å². The van der Waals surface area contributed by atoms with Crippen LogP contribution in [0.1, 0.15) is 5.56 Å². The van der Waals surface area contributed by atoms with Crippen molar-refractivity contribution in [2.45, 2.75) is 4.90 Å². The minimum Gasteiger partial charge on any atom is -0.195 e. The average molecular weight is 209 g/mol. The number of fused-ring (bicyclic) bond motifs is 1. The van der Waals surface area contributed by atoms with Crippen molar-refractivity contribution < 1.29 is 4.39 Å². The molecule has 13 heavy (non-hydrogen) atoms. The van der Waals surface area contributed by atoms with Crippen LogP contribution >= 0.6 is 24.0 Å². The van der Waals surface area contributed by atoms with Gasteiger partial charge in [-0.25, -0.2) is 0 Å². The lowest BCUT2D eigenvalue weighted by Gasteiger charge is -1.94. The van der Waals surface area contributed by atoms with Gasteiger partial charge in [-0.3, -0.25) is 0 Å². The number of thiophene rings is 1. The first kappa shape index (κ1) is 8.54. The van der Waals surface area contributed by atoms with Crippen LogP contribution in [-0.2, 0) is 0 Å². The second-order valence-electron chi connectivity index (χ2n) is 2.57. The molecule has 0 atom stereocenters. The van der Waals surface area contributed by atoms with Crippen molar-refractivity contribution in [1.82, 2.24) is 0 Å². The molecule has 2 rings (SSSR count). The van der Waals surface area contributed by atoms with Crippen LogP contribution in [0.25, 0.3) is 10.1 Å². The fourth-order valence-corrected chi connectivity index (χ4v) is 2.27. The summed E-state index contributed by atoms with van der Waals surface area (Å²) in [7, 11) is 0. The van der Waals surface area contributed by atoms with Gasteiger partial charge < -0.3 is 0 Å². The first-order valence-electron chi connectivity index (χ1n) is 3.53. The third-order valence-electron chi connectivity index (χ3n) is 1.73. The fourth-order valence-electron chi connectivity index (χ4n) is 1.13. The van der Waals surface area contributed by atoms with E-state index >= 15 is 0 Å². The summed E-state index contributed by atoms with van der Waals surface area (Å²) in [6.07, 6.45) is 0. The van der Waals surface area contributed by atoms with Crippen molar-refractivity contribution in [1.29, 1.82) is 5.26 Å². The Kier molecular flexibility index (Phi) is 1.98. The van der Waals surface area contributed by atoms with Gasteiger partial charge in [0, 0.05) is 9.60 Å². The topological polar surface area (TPSA) is 23.8 Å². The van der Waals surface area contributed by atoms with Gasteiger partial charge in [0.1, 0.15) is 6.07 Å². The minimum atomic E-state index is -0.238. The summed E-state index contributed by atoms with van der Waals surface area (Å²) in [6, 6.07) is 6.79. The molecule has 0 aliphatic carbocycles. The Bertz CT molecular complexity index is 510. The zero-order chi connectivity index (χ0) is 9.42. The van der Waals surface area contributed by atoms with E-state index < -0.39 is 0 Å². The molecule has 0 amide bonds. The van der Waals surface area contributed by atoms with Crippen LogP contribution in [-0.4, -0.2) is 0 Å². The second-order valence-corrected chi connectivity index (χ2v) is 4.09. The number of nitriles is 1. The van der Waals surface area contributed by atoms with Gasteiger partial charge in [-0.2, -0.15) is 9.65 Å². The summed E-state index contributed by atoms with van der Waals surface area (Å²) in [5, 5.41) is 9.22. The van der Waals surface area contributed by atoms with E-state index in [0.29, 0.717) is 10.5 Å². The van der Waals surface area contributed by atoms with Crippen molar-refractivity contribution in [2.75, 3.05) is 0 Å². The molecule has 0 aliphatic heterocycles. The summed E-state index contributed by atoms with van der Waals surface area (Å²) >= 11 is 5.19. The summed E-state index contributed by atoms with van der Waals surface area (Å²) in [5.74, 6) is 0. The minimum absolute atomic E-state index is 0.238. The fraction of sp³-hybridized carbons (Fsp3) is 0. The Balaban J connectivity index is 2.82. The summed E-state index contributed by atoms with van der Waals surface area (Å²) < 4.78 is 13.6. The van der Waals surface area contributed by atoms with Gasteiger partial charge in [-0.15, -0.1) is 24.0 Å². The van der Waals surface area contributed by atoms with Gasteiger partial charge >= 0.3 is 0 Å². The molecule has 0 radical (unpaired) electrons. The predicted molar refractivity (Wildman–Crippen MR) is 53.8 cm³/mol. The highest BCUT2D eigenvalue weighted by molar-refractivity contribution is 7.80. The molecule has 0 saturated heterocycles. The lowest BCUT2D eigenvalue weighted by atomic mass is 10.2. The van der Waals surface area contributed by atoms with Crippen LogP contribution in [0, 0.1) is 16.5 Å². The van der Waals surface area contributed by atoms with E-state index in [-0.39, 0.29) is 5.13 Å². The number of hydrogen-bond donors (Lipinski definition) is 1. The molecule has 0 aliphatic rings. The molecule has 0 fully saturated rings. The first-order valence-corrected chi connectivity index (χ1v) is 4.79. The van der Waals surface area contributed by atoms with Crippen molar-refractivity contribution in [3.8, 4) is 6.07 Å². The van der Waals surface area contributed by atoms with E-state index in [0.717, 1.165) is 21.4 Å². The van der Waals surface area contributed by atoms with Crippen molar-refractivity contribution >= 4 is 34.1 Å². The average Bonchev–Trinajstić information content (AvgIpc) is 2.42. The van der Waals surface area contributed by atoms with Gasteiger partial charge in [0.25, 0.3) is 0 Å². The molecule has 0 unspecified atom stereocenters. The number of benzene rings is 1. The van der Waals surface area contributed by atoms with E-state index in [9.17, 15) is 4.39 Å². The standard InChI is InChI=1S/C9H4FNS2/c10-9-2-5-1-6(4-11)7(12)3-8(5)13-9/h1-3,12H. The molecule has 0 bridgehead atoms. The number of halogens is 1. The van der Waals surface area contributed by atoms with Crippen LogP contribution in [0.15, 0.2) is 23.1 Å². The highest BCUT2D eigenvalue weighted by Gasteiger charge is 2.05. The van der Waals surface area contributed by atoms with Gasteiger partial charge in [-0.05, 0) is 23.6 Å². The van der Waals surface area contributed by atoms with E-state index in [1.54, 1.807) is 12.1 Å². The normalized spacial score (nSPS) is 10.2. The molecule has 0 saturated carbocycles. The molecule has 1 heterocycles. The van der Waals surface area contributed by atoms with Gasteiger partial charge in [0.2, 0.25) is 0 Å². The van der Waals surface area contributed by atoms with Crippen LogP contribution in [0.3, 0.4) is 0 Å². The van der Waals surface area contributed by atoms with Crippen LogP contribution in [0.5, 0.6) is 0 Å². The molecule has 0 N–H and O–H groups in total. The molecule has 1 aromatic heterocycles. The molecule has 0 spiro atoms. The summed E-state index contributed by atoms with van der Waals surface area (Å²) in [4.78, 5) is 0.594. The molecule has 1 nitrogen and oxygen atoms in total. The lowest BCUT2D eigenvalue weighted by molar-refractivity contribution is 0.658. The second kappa shape index (κ2) is 3.02. The molecular formula is C9H4FNS2. The van der Waals surface area contributed by atoms with Crippen molar-refractivity contribution in [3.05, 3.63) is 28.9 Å². The Morgan fingerprint density at radius 1 is 1.38 bits per heavy atom. The van der Waals surface area contributed by atoms with Crippen molar-refractivity contribution in [2.24, 2.45) is 0 Å². The Morgan fingerprint density at radius 3 is 2.85 bits per heavy atom. The number of nitrogens with zero attached hydrogens (tertiary/aromatic N) is 1. The lowest BCUT2D eigenvalue weighted by Crippen LogP contribution is -1.75. The van der Waals surface area contributed by atoms with Crippen molar-refractivity contribution in [3.63, 3.8) is 0 Å². The molecule has 64 valence electrons. The Labute approximate surface area is 83.8 Å². The third kappa shape index (κ3) is 1.41. The highest BCUT2D eigenvalue weighted by atomic mass is 32.1. The third-order valence-corrected chi connectivity index (χ3v) is 2.98. The monoisotopic (exact) mass is 209 g/mol. The largest absolute Gasteiger partial charge is 0.195 e. The van der Waals surface area contributed by atoms with Gasteiger partial charge in [-0.1, -0.05) is 0 Å². The zero-order valence-electron chi connectivity index (χ0n) is 6.41. The first-order chi connectivity index (χ1) is 6.20. The predicted octanol–water partition coefficient (Wildman–Crippen LogP) is 3.20. The maximum atomic E-state index is 12.8. The van der Waals surface area contributed by atoms with Gasteiger partial charge in [0.05, 0.1) is 5.56 Å². The zero-order valence-corrected chi connectivity index (χ0v) is 8.12. The molecule has 1 aromatic carbocycles. The molecular weight excluding hydrogens is 205 g/mol. The molecule has 2 aromatic rings. The Hall–Kier alpha value is -1.05. The maximum Gasteiger partial charge on any atom is 0.177 e. The molecule has 4 heteroatoms. The van der Waals surface area contributed by atoms with Crippen LogP contribution < -0.4 is 0 Å². The highest BCUT2D eigenvalue weighted by Crippen LogP contribution is 2.28.